The zero-order valence-corrected chi connectivity index (χ0v) is 10.6. The number of hydrogen-bond donors (Lipinski definition) is 1. The molecule has 0 fully saturated rings. The van der Waals surface area contributed by atoms with Crippen LogP contribution in [0.5, 0.6) is 0 Å². The Hall–Kier alpha value is -0.570. The fourth-order valence-corrected chi connectivity index (χ4v) is 2.20. The van der Waals surface area contributed by atoms with Crippen LogP contribution in [0, 0.1) is 10.8 Å². The van der Waals surface area contributed by atoms with Crippen LogP contribution in [0.15, 0.2) is 0 Å². The van der Waals surface area contributed by atoms with Gasteiger partial charge in [-0.25, -0.2) is 4.79 Å². The van der Waals surface area contributed by atoms with Gasteiger partial charge in [0.15, 0.2) is 0 Å². The first-order chi connectivity index (χ1) is 6.85. The van der Waals surface area contributed by atoms with E-state index < -0.39 is 11.4 Å². The topological polar surface area (TPSA) is 46.5 Å². The van der Waals surface area contributed by atoms with Gasteiger partial charge in [-0.1, -0.05) is 47.5 Å². The van der Waals surface area contributed by atoms with Gasteiger partial charge in [0.25, 0.3) is 0 Å². The highest BCUT2D eigenvalue weighted by atomic mass is 17.1. The highest BCUT2D eigenvalue weighted by Crippen LogP contribution is 2.46. The van der Waals surface area contributed by atoms with Crippen molar-refractivity contribution >= 4 is 5.97 Å². The summed E-state index contributed by atoms with van der Waals surface area (Å²) in [5.41, 5.74) is -0.769. The van der Waals surface area contributed by atoms with Crippen molar-refractivity contribution in [3.05, 3.63) is 0 Å². The predicted molar refractivity (Wildman–Crippen MR) is 60.4 cm³/mol. The first-order valence-electron chi connectivity index (χ1n) is 5.71. The van der Waals surface area contributed by atoms with Crippen molar-refractivity contribution < 1.29 is 14.9 Å². The summed E-state index contributed by atoms with van der Waals surface area (Å²) < 4.78 is 0. The zero-order valence-electron chi connectivity index (χ0n) is 10.6. The molecule has 0 bridgehead atoms. The lowest BCUT2D eigenvalue weighted by atomic mass is 9.62. The van der Waals surface area contributed by atoms with Gasteiger partial charge in [0.1, 0.15) is 0 Å². The predicted octanol–water partition coefficient (Wildman–Crippen LogP) is 3.64. The molecule has 1 unspecified atom stereocenters. The molecular formula is C12H24O3. The van der Waals surface area contributed by atoms with Crippen LogP contribution in [-0.2, 0) is 9.68 Å². The van der Waals surface area contributed by atoms with Crippen molar-refractivity contribution in [2.45, 2.75) is 60.3 Å². The minimum atomic E-state index is -0.572. The number of hydrogen-bond acceptors (Lipinski definition) is 3. The summed E-state index contributed by atoms with van der Waals surface area (Å²) >= 11 is 0. The van der Waals surface area contributed by atoms with Gasteiger partial charge in [0.05, 0.1) is 5.41 Å². The van der Waals surface area contributed by atoms with E-state index in [1.165, 1.54) is 0 Å². The van der Waals surface area contributed by atoms with Crippen molar-refractivity contribution in [1.82, 2.24) is 0 Å². The standard InChI is InChI=1S/C12H24O3/c1-6-8-9-12(7-2,10(13)15-14)11(3,4)5/h14H,6-9H2,1-5H3. The quantitative estimate of drug-likeness (QED) is 0.563. The molecule has 0 radical (unpaired) electrons. The Morgan fingerprint density at radius 3 is 2.07 bits per heavy atom. The summed E-state index contributed by atoms with van der Waals surface area (Å²) in [6.07, 6.45) is 3.47. The lowest BCUT2D eigenvalue weighted by Gasteiger charge is -2.41. The summed E-state index contributed by atoms with van der Waals surface area (Å²) in [6, 6.07) is 0. The second-order valence-corrected chi connectivity index (χ2v) is 5.17. The lowest BCUT2D eigenvalue weighted by Crippen LogP contribution is -2.43. The molecule has 0 rings (SSSR count). The van der Waals surface area contributed by atoms with E-state index in [1.54, 1.807) is 0 Å². The highest BCUT2D eigenvalue weighted by Gasteiger charge is 2.48. The third kappa shape index (κ3) is 2.94. The van der Waals surface area contributed by atoms with Crippen LogP contribution in [0.25, 0.3) is 0 Å². The maximum absolute atomic E-state index is 11.7. The molecule has 1 N–H and O–H groups in total. The normalized spacial score (nSPS) is 15.9. The second kappa shape index (κ2) is 5.50. The van der Waals surface area contributed by atoms with E-state index in [9.17, 15) is 4.79 Å². The molecule has 0 aliphatic heterocycles. The Labute approximate surface area is 92.8 Å². The largest absolute Gasteiger partial charge is 0.348 e. The Morgan fingerprint density at radius 2 is 1.80 bits per heavy atom. The first-order valence-corrected chi connectivity index (χ1v) is 5.71. The van der Waals surface area contributed by atoms with Crippen molar-refractivity contribution in [3.63, 3.8) is 0 Å². The van der Waals surface area contributed by atoms with Crippen molar-refractivity contribution in [2.24, 2.45) is 10.8 Å². The Bertz CT molecular complexity index is 205. The van der Waals surface area contributed by atoms with Crippen molar-refractivity contribution in [1.29, 1.82) is 0 Å². The van der Waals surface area contributed by atoms with Gasteiger partial charge in [0, 0.05) is 0 Å². The number of rotatable bonds is 5. The molecule has 0 aromatic heterocycles. The third-order valence-corrected chi connectivity index (χ3v) is 3.47. The first kappa shape index (κ1) is 14.4. The van der Waals surface area contributed by atoms with E-state index in [0.29, 0.717) is 6.42 Å². The molecule has 3 nitrogen and oxygen atoms in total. The molecule has 15 heavy (non-hydrogen) atoms. The van der Waals surface area contributed by atoms with Gasteiger partial charge in [0.2, 0.25) is 0 Å². The van der Waals surface area contributed by atoms with Gasteiger partial charge in [-0.15, -0.1) is 0 Å². The summed E-state index contributed by atoms with van der Waals surface area (Å²) in [7, 11) is 0. The molecule has 0 saturated heterocycles. The van der Waals surface area contributed by atoms with Gasteiger partial charge < -0.3 is 4.89 Å². The average molecular weight is 216 g/mol. The highest BCUT2D eigenvalue weighted by molar-refractivity contribution is 5.77. The van der Waals surface area contributed by atoms with Crippen LogP contribution < -0.4 is 0 Å². The molecule has 3 heteroatoms. The van der Waals surface area contributed by atoms with E-state index in [4.69, 9.17) is 5.26 Å². The van der Waals surface area contributed by atoms with Crippen molar-refractivity contribution in [2.75, 3.05) is 0 Å². The number of carbonyl (C=O) groups is 1. The SMILES string of the molecule is CCCCC(CC)(C(=O)OO)C(C)(C)C. The van der Waals surface area contributed by atoms with E-state index in [0.717, 1.165) is 19.3 Å². The molecule has 0 aliphatic rings. The Balaban J connectivity index is 5.02. The summed E-state index contributed by atoms with van der Waals surface area (Å²) in [5, 5.41) is 8.61. The molecule has 0 aromatic carbocycles. The maximum atomic E-state index is 11.7. The molecule has 0 aromatic rings. The fourth-order valence-electron chi connectivity index (χ4n) is 2.20. The van der Waals surface area contributed by atoms with Crippen LogP contribution >= 0.6 is 0 Å². The molecule has 90 valence electrons. The maximum Gasteiger partial charge on any atom is 0.348 e. The molecular weight excluding hydrogens is 192 g/mol. The van der Waals surface area contributed by atoms with Crippen LogP contribution in [0.4, 0.5) is 0 Å². The minimum absolute atomic E-state index is 0.198. The third-order valence-electron chi connectivity index (χ3n) is 3.47. The molecule has 0 amide bonds. The van der Waals surface area contributed by atoms with Gasteiger partial charge in [-0.3, -0.25) is 0 Å². The molecule has 1 atom stereocenters. The summed E-state index contributed by atoms with van der Waals surface area (Å²) in [5.74, 6) is -0.494. The molecule has 0 saturated carbocycles. The van der Waals surface area contributed by atoms with E-state index in [2.05, 4.69) is 11.8 Å². The van der Waals surface area contributed by atoms with Gasteiger partial charge in [-0.05, 0) is 18.3 Å². The van der Waals surface area contributed by atoms with Gasteiger partial charge in [-0.2, -0.15) is 5.26 Å². The fraction of sp³-hybridized carbons (Fsp3) is 0.917. The monoisotopic (exact) mass is 216 g/mol. The Kier molecular flexibility index (Phi) is 5.29. The zero-order chi connectivity index (χ0) is 12.1. The van der Waals surface area contributed by atoms with E-state index >= 15 is 0 Å². The number of carbonyl (C=O) groups excluding carboxylic acids is 1. The van der Waals surface area contributed by atoms with Crippen LogP contribution in [0.1, 0.15) is 60.3 Å². The Morgan fingerprint density at radius 1 is 1.27 bits per heavy atom. The molecule has 0 heterocycles. The van der Waals surface area contributed by atoms with E-state index in [-0.39, 0.29) is 5.41 Å². The smallest absolute Gasteiger partial charge is 0.300 e. The van der Waals surface area contributed by atoms with E-state index in [1.807, 2.05) is 27.7 Å². The van der Waals surface area contributed by atoms with Crippen molar-refractivity contribution in [3.8, 4) is 0 Å². The summed E-state index contributed by atoms with van der Waals surface area (Å²) in [4.78, 5) is 15.7. The van der Waals surface area contributed by atoms with Crippen LogP contribution in [-0.4, -0.2) is 11.2 Å². The van der Waals surface area contributed by atoms with Gasteiger partial charge >= 0.3 is 5.97 Å². The second-order valence-electron chi connectivity index (χ2n) is 5.17. The summed E-state index contributed by atoms with van der Waals surface area (Å²) in [6.45, 7) is 10.1. The van der Waals surface area contributed by atoms with Crippen LogP contribution in [0.2, 0.25) is 0 Å². The molecule has 0 aliphatic carbocycles. The van der Waals surface area contributed by atoms with Crippen LogP contribution in [0.3, 0.4) is 0 Å². The molecule has 0 spiro atoms. The average Bonchev–Trinajstić information content (AvgIpc) is 2.17. The minimum Gasteiger partial charge on any atom is -0.300 e. The number of unbranched alkanes of at least 4 members (excludes halogenated alkanes) is 1. The lowest BCUT2D eigenvalue weighted by molar-refractivity contribution is -0.252.